The lowest BCUT2D eigenvalue weighted by molar-refractivity contribution is -0.120. The van der Waals surface area contributed by atoms with Crippen LogP contribution in [-0.2, 0) is 14.8 Å². The van der Waals surface area contributed by atoms with E-state index in [0.29, 0.717) is 0 Å². The second kappa shape index (κ2) is 7.10. The SMILES string of the molecule is NCCC(=O)NCCNS(=O)(=O)c1ccccc1. The minimum absolute atomic E-state index is 0.146. The van der Waals surface area contributed by atoms with E-state index in [9.17, 15) is 13.2 Å². The predicted molar refractivity (Wildman–Crippen MR) is 68.3 cm³/mol. The first kappa shape index (κ1) is 14.6. The third kappa shape index (κ3) is 4.82. The predicted octanol–water partition coefficient (Wildman–Crippen LogP) is -0.570. The minimum atomic E-state index is -3.50. The van der Waals surface area contributed by atoms with Crippen LogP contribution in [0.3, 0.4) is 0 Å². The molecule has 0 aromatic heterocycles. The normalized spacial score (nSPS) is 11.2. The molecule has 0 aliphatic carbocycles. The Bertz CT molecular complexity index is 474. The van der Waals surface area contributed by atoms with Crippen LogP contribution in [0.2, 0.25) is 0 Å². The van der Waals surface area contributed by atoms with Crippen LogP contribution in [0.1, 0.15) is 6.42 Å². The molecule has 6 nitrogen and oxygen atoms in total. The molecule has 1 aromatic carbocycles. The van der Waals surface area contributed by atoms with Gasteiger partial charge in [-0.15, -0.1) is 0 Å². The van der Waals surface area contributed by atoms with Crippen LogP contribution in [0, 0.1) is 0 Å². The van der Waals surface area contributed by atoms with Gasteiger partial charge in [-0.25, -0.2) is 13.1 Å². The fourth-order valence-electron chi connectivity index (χ4n) is 1.29. The quantitative estimate of drug-likeness (QED) is 0.578. The van der Waals surface area contributed by atoms with Gasteiger partial charge < -0.3 is 11.1 Å². The fraction of sp³-hybridized carbons (Fsp3) is 0.364. The molecule has 1 amide bonds. The van der Waals surface area contributed by atoms with E-state index in [1.165, 1.54) is 12.1 Å². The van der Waals surface area contributed by atoms with Crippen molar-refractivity contribution in [2.75, 3.05) is 19.6 Å². The third-order valence-electron chi connectivity index (χ3n) is 2.16. The summed E-state index contributed by atoms with van der Waals surface area (Å²) < 4.78 is 25.9. The van der Waals surface area contributed by atoms with Crippen LogP contribution in [0.5, 0.6) is 0 Å². The van der Waals surface area contributed by atoms with Gasteiger partial charge >= 0.3 is 0 Å². The standard InChI is InChI=1S/C11H17N3O3S/c12-7-6-11(15)13-8-9-14-18(16,17)10-4-2-1-3-5-10/h1-5,14H,6-9,12H2,(H,13,15). The summed E-state index contributed by atoms with van der Waals surface area (Å²) >= 11 is 0. The molecule has 18 heavy (non-hydrogen) atoms. The van der Waals surface area contributed by atoms with Crippen molar-refractivity contribution in [3.8, 4) is 0 Å². The summed E-state index contributed by atoms with van der Waals surface area (Å²) in [5.41, 5.74) is 5.21. The number of nitrogens with one attached hydrogen (secondary N) is 2. The molecule has 0 fully saturated rings. The Morgan fingerprint density at radius 1 is 1.17 bits per heavy atom. The van der Waals surface area contributed by atoms with E-state index >= 15 is 0 Å². The molecule has 0 radical (unpaired) electrons. The second-order valence-electron chi connectivity index (χ2n) is 3.60. The monoisotopic (exact) mass is 271 g/mol. The topological polar surface area (TPSA) is 101 Å². The van der Waals surface area contributed by atoms with Gasteiger partial charge in [-0.2, -0.15) is 0 Å². The summed E-state index contributed by atoms with van der Waals surface area (Å²) in [6.45, 7) is 0.667. The van der Waals surface area contributed by atoms with Gasteiger partial charge in [0.2, 0.25) is 15.9 Å². The number of carbonyl (C=O) groups excluding carboxylic acids is 1. The van der Waals surface area contributed by atoms with Crippen LogP contribution in [0.4, 0.5) is 0 Å². The first-order chi connectivity index (χ1) is 8.56. The maximum Gasteiger partial charge on any atom is 0.240 e. The molecule has 0 heterocycles. The number of rotatable bonds is 7. The van der Waals surface area contributed by atoms with E-state index in [-0.39, 0.29) is 36.9 Å². The van der Waals surface area contributed by atoms with Gasteiger partial charge in [-0.3, -0.25) is 4.79 Å². The number of nitrogens with two attached hydrogens (primary N) is 1. The Morgan fingerprint density at radius 3 is 2.44 bits per heavy atom. The average molecular weight is 271 g/mol. The van der Waals surface area contributed by atoms with Crippen LogP contribution in [-0.4, -0.2) is 34.0 Å². The van der Waals surface area contributed by atoms with Crippen molar-refractivity contribution < 1.29 is 13.2 Å². The summed E-state index contributed by atoms with van der Waals surface area (Å²) in [6, 6.07) is 8.06. The molecular weight excluding hydrogens is 254 g/mol. The van der Waals surface area contributed by atoms with Crippen molar-refractivity contribution in [2.24, 2.45) is 5.73 Å². The Balaban J connectivity index is 2.37. The first-order valence-corrected chi connectivity index (χ1v) is 7.06. The molecule has 0 spiro atoms. The summed E-state index contributed by atoms with van der Waals surface area (Å²) in [5, 5.41) is 2.56. The average Bonchev–Trinajstić information content (AvgIpc) is 2.36. The summed E-state index contributed by atoms with van der Waals surface area (Å²) in [4.78, 5) is 11.3. The first-order valence-electron chi connectivity index (χ1n) is 5.58. The van der Waals surface area contributed by atoms with Crippen LogP contribution < -0.4 is 15.8 Å². The molecule has 0 bridgehead atoms. The number of sulfonamides is 1. The third-order valence-corrected chi connectivity index (χ3v) is 3.64. The summed E-state index contributed by atoms with van der Waals surface area (Å²) in [7, 11) is -3.50. The Kier molecular flexibility index (Phi) is 5.76. The molecule has 0 atom stereocenters. The lowest BCUT2D eigenvalue weighted by Crippen LogP contribution is -2.35. The van der Waals surface area contributed by atoms with Gasteiger partial charge in [0.1, 0.15) is 0 Å². The van der Waals surface area contributed by atoms with Gasteiger partial charge in [0.25, 0.3) is 0 Å². The van der Waals surface area contributed by atoms with Crippen LogP contribution in [0.25, 0.3) is 0 Å². The molecule has 1 rings (SSSR count). The number of carbonyl (C=O) groups is 1. The molecule has 100 valence electrons. The minimum Gasteiger partial charge on any atom is -0.355 e. The number of benzene rings is 1. The number of amides is 1. The maximum atomic E-state index is 11.8. The van der Waals surface area contributed by atoms with Crippen molar-refractivity contribution in [3.63, 3.8) is 0 Å². The Hall–Kier alpha value is -1.44. The highest BCUT2D eigenvalue weighted by Crippen LogP contribution is 2.06. The molecule has 0 unspecified atom stereocenters. The zero-order valence-electron chi connectivity index (χ0n) is 9.93. The molecule has 4 N–H and O–H groups in total. The lowest BCUT2D eigenvalue weighted by atomic mass is 10.4. The van der Waals surface area contributed by atoms with Gasteiger partial charge in [-0.1, -0.05) is 18.2 Å². The van der Waals surface area contributed by atoms with Crippen LogP contribution >= 0.6 is 0 Å². The molecule has 1 aromatic rings. The molecule has 0 saturated carbocycles. The van der Waals surface area contributed by atoms with Crippen molar-refractivity contribution >= 4 is 15.9 Å². The van der Waals surface area contributed by atoms with E-state index in [1.807, 2.05) is 0 Å². The fourth-order valence-corrected chi connectivity index (χ4v) is 2.34. The summed E-state index contributed by atoms with van der Waals surface area (Å²) in [5.74, 6) is -0.184. The highest BCUT2D eigenvalue weighted by Gasteiger charge is 2.11. The van der Waals surface area contributed by atoms with Crippen molar-refractivity contribution in [1.82, 2.24) is 10.0 Å². The van der Waals surface area contributed by atoms with E-state index in [0.717, 1.165) is 0 Å². The zero-order valence-corrected chi connectivity index (χ0v) is 10.7. The van der Waals surface area contributed by atoms with E-state index in [4.69, 9.17) is 5.73 Å². The van der Waals surface area contributed by atoms with Gasteiger partial charge in [0.15, 0.2) is 0 Å². The molecule has 0 aliphatic heterocycles. The highest BCUT2D eigenvalue weighted by atomic mass is 32.2. The second-order valence-corrected chi connectivity index (χ2v) is 5.37. The zero-order chi connectivity index (χ0) is 13.4. The lowest BCUT2D eigenvalue weighted by Gasteiger charge is -2.07. The van der Waals surface area contributed by atoms with Crippen LogP contribution in [0.15, 0.2) is 35.2 Å². The van der Waals surface area contributed by atoms with E-state index in [2.05, 4.69) is 10.0 Å². The van der Waals surface area contributed by atoms with Gasteiger partial charge in [0.05, 0.1) is 4.90 Å². The van der Waals surface area contributed by atoms with Gasteiger partial charge in [0, 0.05) is 26.1 Å². The molecule has 7 heteroatoms. The summed E-state index contributed by atoms with van der Waals surface area (Å²) in [6.07, 6.45) is 0.242. The maximum absolute atomic E-state index is 11.8. The molecule has 0 saturated heterocycles. The number of hydrogen-bond donors (Lipinski definition) is 3. The van der Waals surface area contributed by atoms with Crippen molar-refractivity contribution in [2.45, 2.75) is 11.3 Å². The highest BCUT2D eigenvalue weighted by molar-refractivity contribution is 7.89. The van der Waals surface area contributed by atoms with E-state index in [1.54, 1.807) is 18.2 Å². The van der Waals surface area contributed by atoms with Crippen molar-refractivity contribution in [1.29, 1.82) is 0 Å². The molecule has 0 aliphatic rings. The van der Waals surface area contributed by atoms with E-state index < -0.39 is 10.0 Å². The Morgan fingerprint density at radius 2 is 1.83 bits per heavy atom. The number of hydrogen-bond acceptors (Lipinski definition) is 4. The van der Waals surface area contributed by atoms with Gasteiger partial charge in [-0.05, 0) is 12.1 Å². The molecular formula is C11H17N3O3S. The largest absolute Gasteiger partial charge is 0.355 e. The Labute approximate surface area is 107 Å². The van der Waals surface area contributed by atoms with Crippen molar-refractivity contribution in [3.05, 3.63) is 30.3 Å². The smallest absolute Gasteiger partial charge is 0.240 e.